The number of hydrogen-bond donors (Lipinski definition) is 2. The predicted octanol–water partition coefficient (Wildman–Crippen LogP) is 5.27. The van der Waals surface area contributed by atoms with E-state index in [-0.39, 0.29) is 11.7 Å². The molecule has 0 unspecified atom stereocenters. The van der Waals surface area contributed by atoms with Gasteiger partial charge >= 0.3 is 0 Å². The van der Waals surface area contributed by atoms with Crippen molar-refractivity contribution in [2.24, 2.45) is 0 Å². The van der Waals surface area contributed by atoms with Gasteiger partial charge in [0.2, 0.25) is 0 Å². The van der Waals surface area contributed by atoms with Gasteiger partial charge in [0.15, 0.2) is 0 Å². The van der Waals surface area contributed by atoms with Gasteiger partial charge in [-0.05, 0) is 35.2 Å². The van der Waals surface area contributed by atoms with Crippen molar-refractivity contribution in [1.29, 1.82) is 0 Å². The summed E-state index contributed by atoms with van der Waals surface area (Å²) in [6.45, 7) is 5.84. The Morgan fingerprint density at radius 1 is 1.00 bits per heavy atom. The van der Waals surface area contributed by atoms with Crippen LogP contribution in [0.4, 0.5) is 15.8 Å². The molecule has 0 bridgehead atoms. The summed E-state index contributed by atoms with van der Waals surface area (Å²) in [6, 6.07) is 16.6. The fourth-order valence-corrected chi connectivity index (χ4v) is 3.47. The SMILES string of the molecule is C=C1C(=O)Nc2cc(F)c(-c3ccc(-c4cccc(CC)c4N)cc3)cc21. The van der Waals surface area contributed by atoms with E-state index in [2.05, 4.69) is 18.8 Å². The molecule has 0 saturated heterocycles. The number of halogens is 1. The molecule has 1 amide bonds. The number of nitrogen functional groups attached to an aromatic ring is 1. The van der Waals surface area contributed by atoms with E-state index in [9.17, 15) is 9.18 Å². The van der Waals surface area contributed by atoms with Gasteiger partial charge < -0.3 is 11.1 Å². The maximum Gasteiger partial charge on any atom is 0.255 e. The van der Waals surface area contributed by atoms with E-state index in [1.165, 1.54) is 6.07 Å². The molecule has 1 aliphatic rings. The first kappa shape index (κ1) is 17.0. The molecule has 1 heterocycles. The van der Waals surface area contributed by atoms with Gasteiger partial charge in [-0.2, -0.15) is 0 Å². The van der Waals surface area contributed by atoms with Crippen molar-refractivity contribution in [2.75, 3.05) is 11.1 Å². The van der Waals surface area contributed by atoms with Crippen molar-refractivity contribution >= 4 is 22.9 Å². The number of carbonyl (C=O) groups excluding carboxylic acids is 1. The Kier molecular flexibility index (Phi) is 4.04. The van der Waals surface area contributed by atoms with Crippen LogP contribution in [0.1, 0.15) is 18.1 Å². The number of carbonyl (C=O) groups is 1. The van der Waals surface area contributed by atoms with Crippen molar-refractivity contribution in [3.05, 3.63) is 78.1 Å². The van der Waals surface area contributed by atoms with Crippen LogP contribution in [0.5, 0.6) is 0 Å². The number of rotatable bonds is 3. The van der Waals surface area contributed by atoms with Crippen molar-refractivity contribution in [1.82, 2.24) is 0 Å². The normalized spacial score (nSPS) is 12.8. The minimum Gasteiger partial charge on any atom is -0.398 e. The maximum atomic E-state index is 14.6. The minimum absolute atomic E-state index is 0.289. The number of anilines is 2. The van der Waals surface area contributed by atoms with Crippen LogP contribution < -0.4 is 11.1 Å². The number of nitrogens with one attached hydrogen (secondary N) is 1. The van der Waals surface area contributed by atoms with Crippen LogP contribution in [0.2, 0.25) is 0 Å². The molecule has 0 aromatic heterocycles. The zero-order chi connectivity index (χ0) is 19.1. The average Bonchev–Trinajstić information content (AvgIpc) is 2.95. The second kappa shape index (κ2) is 6.40. The van der Waals surface area contributed by atoms with E-state index in [0.29, 0.717) is 22.4 Å². The number of amides is 1. The summed E-state index contributed by atoms with van der Waals surface area (Å²) in [5.41, 5.74) is 12.7. The summed E-state index contributed by atoms with van der Waals surface area (Å²) < 4.78 is 14.6. The zero-order valence-corrected chi connectivity index (χ0v) is 15.0. The van der Waals surface area contributed by atoms with Gasteiger partial charge in [-0.15, -0.1) is 0 Å². The lowest BCUT2D eigenvalue weighted by Gasteiger charge is -2.11. The van der Waals surface area contributed by atoms with Crippen LogP contribution in [0, 0.1) is 5.82 Å². The van der Waals surface area contributed by atoms with E-state index < -0.39 is 0 Å². The molecule has 0 spiro atoms. The third-order valence-corrected chi connectivity index (χ3v) is 5.04. The Hall–Kier alpha value is -3.40. The molecule has 3 N–H and O–H groups in total. The smallest absolute Gasteiger partial charge is 0.255 e. The first-order chi connectivity index (χ1) is 13.0. The highest BCUT2D eigenvalue weighted by molar-refractivity contribution is 6.31. The highest BCUT2D eigenvalue weighted by Gasteiger charge is 2.24. The summed E-state index contributed by atoms with van der Waals surface area (Å²) in [5, 5.41) is 2.62. The Labute approximate surface area is 157 Å². The lowest BCUT2D eigenvalue weighted by molar-refractivity contribution is -0.110. The number of fused-ring (bicyclic) bond motifs is 1. The Morgan fingerprint density at radius 3 is 2.33 bits per heavy atom. The standard InChI is InChI=1S/C23H19FN2O/c1-3-14-5-4-6-17(22(14)25)15-7-9-16(10-8-15)19-11-18-13(2)23(27)26-21(18)12-20(19)24/h4-12H,2-3,25H2,1H3,(H,26,27). The lowest BCUT2D eigenvalue weighted by Crippen LogP contribution is -2.02. The third kappa shape index (κ3) is 2.79. The fraction of sp³-hybridized carbons (Fsp3) is 0.0870. The van der Waals surface area contributed by atoms with Crippen molar-refractivity contribution in [3.63, 3.8) is 0 Å². The molecule has 3 aromatic carbocycles. The maximum absolute atomic E-state index is 14.6. The third-order valence-electron chi connectivity index (χ3n) is 5.04. The van der Waals surface area contributed by atoms with Gasteiger partial charge in [-0.1, -0.05) is 56.0 Å². The topological polar surface area (TPSA) is 55.1 Å². The largest absolute Gasteiger partial charge is 0.398 e. The van der Waals surface area contributed by atoms with Crippen LogP contribution in [0.15, 0.2) is 61.2 Å². The molecule has 3 nitrogen and oxygen atoms in total. The first-order valence-electron chi connectivity index (χ1n) is 8.82. The summed E-state index contributed by atoms with van der Waals surface area (Å²) in [5.74, 6) is -0.674. The van der Waals surface area contributed by atoms with E-state index >= 15 is 0 Å². The summed E-state index contributed by atoms with van der Waals surface area (Å²) in [7, 11) is 0. The summed E-state index contributed by atoms with van der Waals surface area (Å²) >= 11 is 0. The van der Waals surface area contributed by atoms with Crippen LogP contribution in [0.25, 0.3) is 27.8 Å². The van der Waals surface area contributed by atoms with E-state index in [0.717, 1.165) is 34.4 Å². The van der Waals surface area contributed by atoms with Gasteiger partial charge in [0.05, 0.1) is 5.69 Å². The zero-order valence-electron chi connectivity index (χ0n) is 15.0. The average molecular weight is 358 g/mol. The molecule has 0 aliphatic carbocycles. The van der Waals surface area contributed by atoms with Crippen LogP contribution >= 0.6 is 0 Å². The number of hydrogen-bond acceptors (Lipinski definition) is 2. The van der Waals surface area contributed by atoms with Crippen molar-refractivity contribution < 1.29 is 9.18 Å². The van der Waals surface area contributed by atoms with Gasteiger partial charge in [0.1, 0.15) is 5.82 Å². The highest BCUT2D eigenvalue weighted by Crippen LogP contribution is 2.37. The molecular weight excluding hydrogens is 339 g/mol. The van der Waals surface area contributed by atoms with Crippen molar-refractivity contribution in [3.8, 4) is 22.3 Å². The van der Waals surface area contributed by atoms with Crippen LogP contribution in [-0.2, 0) is 11.2 Å². The second-order valence-electron chi connectivity index (χ2n) is 6.62. The molecule has 0 saturated carbocycles. The molecule has 3 aromatic rings. The van der Waals surface area contributed by atoms with Crippen LogP contribution in [0.3, 0.4) is 0 Å². The molecule has 0 radical (unpaired) electrons. The van der Waals surface area contributed by atoms with Gasteiger partial charge in [-0.3, -0.25) is 4.79 Å². The molecule has 4 rings (SSSR count). The second-order valence-corrected chi connectivity index (χ2v) is 6.62. The lowest BCUT2D eigenvalue weighted by atomic mass is 9.95. The number of benzene rings is 3. The quantitative estimate of drug-likeness (QED) is 0.495. The molecular formula is C23H19FN2O. The highest BCUT2D eigenvalue weighted by atomic mass is 19.1. The Morgan fingerprint density at radius 2 is 1.67 bits per heavy atom. The number of aryl methyl sites for hydroxylation is 1. The molecule has 1 aliphatic heterocycles. The van der Waals surface area contributed by atoms with Crippen molar-refractivity contribution in [2.45, 2.75) is 13.3 Å². The Bertz CT molecular complexity index is 1080. The Balaban J connectivity index is 1.74. The van der Waals surface area contributed by atoms with E-state index in [4.69, 9.17) is 5.73 Å². The van der Waals surface area contributed by atoms with E-state index in [1.54, 1.807) is 6.07 Å². The first-order valence-corrected chi connectivity index (χ1v) is 8.82. The summed E-state index contributed by atoms with van der Waals surface area (Å²) in [6.07, 6.45) is 0.870. The summed E-state index contributed by atoms with van der Waals surface area (Å²) in [4.78, 5) is 11.7. The number of para-hydroxylation sites is 1. The van der Waals surface area contributed by atoms with Crippen LogP contribution in [-0.4, -0.2) is 5.91 Å². The molecule has 0 atom stereocenters. The molecule has 0 fully saturated rings. The molecule has 134 valence electrons. The molecule has 27 heavy (non-hydrogen) atoms. The predicted molar refractivity (Wildman–Crippen MR) is 109 cm³/mol. The van der Waals surface area contributed by atoms with Gasteiger partial charge in [-0.25, -0.2) is 4.39 Å². The fourth-order valence-electron chi connectivity index (χ4n) is 3.47. The number of nitrogens with two attached hydrogens (primary N) is 1. The van der Waals surface area contributed by atoms with Gasteiger partial charge in [0, 0.05) is 28.0 Å². The van der Waals surface area contributed by atoms with Gasteiger partial charge in [0.25, 0.3) is 5.91 Å². The van der Waals surface area contributed by atoms with E-state index in [1.807, 2.05) is 42.5 Å². The monoisotopic (exact) mass is 358 g/mol. The molecule has 4 heteroatoms. The minimum atomic E-state index is -0.385.